The van der Waals surface area contributed by atoms with Gasteiger partial charge < -0.3 is 10.6 Å². The number of hydrogen-bond donors (Lipinski definition) is 1. The Morgan fingerprint density at radius 2 is 2.00 bits per heavy atom. The molecule has 1 amide bonds. The summed E-state index contributed by atoms with van der Waals surface area (Å²) < 4.78 is 0. The van der Waals surface area contributed by atoms with Crippen molar-refractivity contribution in [1.82, 2.24) is 14.9 Å². The Labute approximate surface area is 134 Å². The fourth-order valence-electron chi connectivity index (χ4n) is 3.19. The van der Waals surface area contributed by atoms with Crippen molar-refractivity contribution in [2.45, 2.75) is 46.6 Å². The number of thiophene rings is 1. The number of nitrogens with zero attached hydrogens (tertiary/aromatic N) is 3. The third kappa shape index (κ3) is 2.45. The van der Waals surface area contributed by atoms with Gasteiger partial charge in [-0.15, -0.1) is 11.3 Å². The van der Waals surface area contributed by atoms with Crippen LogP contribution in [0.2, 0.25) is 0 Å². The van der Waals surface area contributed by atoms with Crippen molar-refractivity contribution in [3.05, 3.63) is 16.3 Å². The Morgan fingerprint density at radius 1 is 1.27 bits per heavy atom. The van der Waals surface area contributed by atoms with Gasteiger partial charge in [0.1, 0.15) is 16.5 Å². The van der Waals surface area contributed by atoms with E-state index in [0.29, 0.717) is 23.6 Å². The Morgan fingerprint density at radius 3 is 2.73 bits per heavy atom. The molecule has 3 heterocycles. The Balaban J connectivity index is 2.04. The van der Waals surface area contributed by atoms with Crippen LogP contribution in [0.15, 0.2) is 0 Å². The lowest BCUT2D eigenvalue weighted by molar-refractivity contribution is 0.0578. The molecular weight excluding hydrogens is 296 g/mol. The van der Waals surface area contributed by atoms with E-state index in [4.69, 9.17) is 5.73 Å². The van der Waals surface area contributed by atoms with Gasteiger partial charge in [0.25, 0.3) is 5.91 Å². The number of nitrogen functional groups attached to an aromatic ring is 1. The number of piperidine rings is 1. The maximum absolute atomic E-state index is 13.0. The van der Waals surface area contributed by atoms with Crippen molar-refractivity contribution in [3.63, 3.8) is 0 Å². The highest BCUT2D eigenvalue weighted by Crippen LogP contribution is 2.34. The first kappa shape index (κ1) is 15.2. The van der Waals surface area contributed by atoms with Gasteiger partial charge in [-0.2, -0.15) is 0 Å². The number of likely N-dealkylation sites (tertiary alicyclic amines) is 1. The number of fused-ring (bicyclic) bond motifs is 1. The molecule has 1 saturated heterocycles. The van der Waals surface area contributed by atoms with Crippen molar-refractivity contribution in [3.8, 4) is 0 Å². The van der Waals surface area contributed by atoms with E-state index < -0.39 is 0 Å². The minimum atomic E-state index is 0.108. The van der Waals surface area contributed by atoms with E-state index in [9.17, 15) is 4.79 Å². The molecule has 0 bridgehead atoms. The normalized spacial score (nSPS) is 22.3. The molecule has 3 rings (SSSR count). The van der Waals surface area contributed by atoms with Gasteiger partial charge in [-0.25, -0.2) is 9.97 Å². The summed E-state index contributed by atoms with van der Waals surface area (Å²) in [5.74, 6) is 1.78. The molecule has 0 aromatic carbocycles. The second kappa shape index (κ2) is 5.50. The maximum atomic E-state index is 13.0. The molecule has 2 N–H and O–H groups in total. The van der Waals surface area contributed by atoms with Crippen molar-refractivity contribution in [2.75, 3.05) is 12.3 Å². The number of carbonyl (C=O) groups is 1. The lowest BCUT2D eigenvalue weighted by Gasteiger charge is -2.36. The third-order valence-electron chi connectivity index (χ3n) is 4.50. The summed E-state index contributed by atoms with van der Waals surface area (Å²) >= 11 is 1.43. The van der Waals surface area contributed by atoms with Crippen molar-refractivity contribution in [1.29, 1.82) is 0 Å². The van der Waals surface area contributed by atoms with Gasteiger partial charge in [0.2, 0.25) is 0 Å². The van der Waals surface area contributed by atoms with Crippen LogP contribution in [0.3, 0.4) is 0 Å². The van der Waals surface area contributed by atoms with Crippen LogP contribution in [-0.2, 0) is 0 Å². The Kier molecular flexibility index (Phi) is 3.80. The molecule has 0 saturated carbocycles. The fourth-order valence-corrected chi connectivity index (χ4v) is 4.38. The van der Waals surface area contributed by atoms with Crippen LogP contribution in [0, 0.1) is 19.8 Å². The zero-order chi connectivity index (χ0) is 16.0. The number of anilines is 1. The molecule has 22 heavy (non-hydrogen) atoms. The van der Waals surface area contributed by atoms with Gasteiger partial charge >= 0.3 is 0 Å². The summed E-state index contributed by atoms with van der Waals surface area (Å²) in [6, 6.07) is 0.290. The standard InChI is InChI=1S/C16H22N4OS/c1-8-5-6-9(2)20(7-8)16(21)13-10(3)12-14(17)18-11(4)19-15(12)22-13/h8-9H,5-7H2,1-4H3,(H2,17,18,19). The number of aryl methyl sites for hydroxylation is 2. The van der Waals surface area contributed by atoms with Crippen LogP contribution in [-0.4, -0.2) is 33.4 Å². The quantitative estimate of drug-likeness (QED) is 0.876. The lowest BCUT2D eigenvalue weighted by atomic mass is 9.94. The average Bonchev–Trinajstić information content (AvgIpc) is 2.77. The number of amides is 1. The number of hydrogen-bond acceptors (Lipinski definition) is 5. The van der Waals surface area contributed by atoms with Gasteiger partial charge in [-0.05, 0) is 45.1 Å². The summed E-state index contributed by atoms with van der Waals surface area (Å²) in [6.45, 7) is 8.93. The topological polar surface area (TPSA) is 72.1 Å². The van der Waals surface area contributed by atoms with Gasteiger partial charge in [-0.3, -0.25) is 4.79 Å². The molecule has 0 spiro atoms. The molecule has 6 heteroatoms. The second-order valence-corrected chi connectivity index (χ2v) is 7.38. The number of carbonyl (C=O) groups excluding carboxylic acids is 1. The van der Waals surface area contributed by atoms with Crippen molar-refractivity contribution >= 4 is 33.3 Å². The predicted molar refractivity (Wildman–Crippen MR) is 90.2 cm³/mol. The molecule has 1 fully saturated rings. The maximum Gasteiger partial charge on any atom is 0.264 e. The molecule has 118 valence electrons. The molecule has 0 radical (unpaired) electrons. The van der Waals surface area contributed by atoms with Gasteiger partial charge in [-0.1, -0.05) is 6.92 Å². The molecule has 2 aromatic rings. The molecule has 0 aliphatic carbocycles. The minimum absolute atomic E-state index is 0.108. The second-order valence-electron chi connectivity index (χ2n) is 6.38. The summed E-state index contributed by atoms with van der Waals surface area (Å²) in [4.78, 5) is 25.2. The molecule has 1 aliphatic rings. The first-order valence-electron chi connectivity index (χ1n) is 7.72. The highest BCUT2D eigenvalue weighted by molar-refractivity contribution is 7.20. The first-order valence-corrected chi connectivity index (χ1v) is 8.54. The van der Waals surface area contributed by atoms with Gasteiger partial charge in [0.05, 0.1) is 10.3 Å². The van der Waals surface area contributed by atoms with Crippen molar-refractivity contribution in [2.24, 2.45) is 5.92 Å². The highest BCUT2D eigenvalue weighted by atomic mass is 32.1. The minimum Gasteiger partial charge on any atom is -0.383 e. The molecule has 5 nitrogen and oxygen atoms in total. The van der Waals surface area contributed by atoms with Crippen LogP contribution >= 0.6 is 11.3 Å². The monoisotopic (exact) mass is 318 g/mol. The molecule has 1 aliphatic heterocycles. The van der Waals surface area contributed by atoms with Crippen LogP contribution < -0.4 is 5.73 Å². The lowest BCUT2D eigenvalue weighted by Crippen LogP contribution is -2.44. The smallest absolute Gasteiger partial charge is 0.264 e. The van der Waals surface area contributed by atoms with Crippen LogP contribution in [0.25, 0.3) is 10.2 Å². The van der Waals surface area contributed by atoms with Crippen LogP contribution in [0.5, 0.6) is 0 Å². The zero-order valence-corrected chi connectivity index (χ0v) is 14.3. The van der Waals surface area contributed by atoms with E-state index in [-0.39, 0.29) is 5.91 Å². The zero-order valence-electron chi connectivity index (χ0n) is 13.5. The number of rotatable bonds is 1. The SMILES string of the molecule is Cc1nc(N)c2c(C)c(C(=O)N3CC(C)CCC3C)sc2n1. The number of nitrogens with two attached hydrogens (primary N) is 1. The largest absolute Gasteiger partial charge is 0.383 e. The molecule has 2 aromatic heterocycles. The summed E-state index contributed by atoms with van der Waals surface area (Å²) in [6.07, 6.45) is 2.26. The van der Waals surface area contributed by atoms with Gasteiger partial charge in [0, 0.05) is 12.6 Å². The van der Waals surface area contributed by atoms with E-state index in [0.717, 1.165) is 33.6 Å². The van der Waals surface area contributed by atoms with Crippen LogP contribution in [0.1, 0.15) is 47.7 Å². The van der Waals surface area contributed by atoms with E-state index in [1.165, 1.54) is 17.8 Å². The summed E-state index contributed by atoms with van der Waals surface area (Å²) in [7, 11) is 0. The van der Waals surface area contributed by atoms with Gasteiger partial charge in [0.15, 0.2) is 0 Å². The van der Waals surface area contributed by atoms with Crippen LogP contribution in [0.4, 0.5) is 5.82 Å². The van der Waals surface area contributed by atoms with E-state index in [2.05, 4.69) is 23.8 Å². The molecular formula is C16H22N4OS. The molecule has 2 unspecified atom stereocenters. The number of aromatic nitrogens is 2. The predicted octanol–water partition coefficient (Wildman–Crippen LogP) is 3.15. The van der Waals surface area contributed by atoms with Crippen molar-refractivity contribution < 1.29 is 4.79 Å². The molecule has 2 atom stereocenters. The third-order valence-corrected chi connectivity index (χ3v) is 5.68. The fraction of sp³-hybridized carbons (Fsp3) is 0.562. The summed E-state index contributed by atoms with van der Waals surface area (Å²) in [5, 5.41) is 0.830. The average molecular weight is 318 g/mol. The Hall–Kier alpha value is -1.69. The summed E-state index contributed by atoms with van der Waals surface area (Å²) in [5.41, 5.74) is 6.94. The van der Waals surface area contributed by atoms with E-state index >= 15 is 0 Å². The van der Waals surface area contributed by atoms with E-state index in [1.54, 1.807) is 0 Å². The Bertz CT molecular complexity index is 739. The van der Waals surface area contributed by atoms with E-state index in [1.807, 2.05) is 18.7 Å². The first-order chi connectivity index (χ1) is 10.4. The highest BCUT2D eigenvalue weighted by Gasteiger charge is 2.30.